The van der Waals surface area contributed by atoms with Crippen molar-refractivity contribution in [2.75, 3.05) is 30.8 Å². The smallest absolute Gasteiger partial charge is 0.390 e. The van der Waals surface area contributed by atoms with Crippen molar-refractivity contribution in [3.63, 3.8) is 0 Å². The summed E-state index contributed by atoms with van der Waals surface area (Å²) in [6.45, 7) is 4.99. The Labute approximate surface area is 159 Å². The van der Waals surface area contributed by atoms with Crippen LogP contribution in [0.15, 0.2) is 6.20 Å². The van der Waals surface area contributed by atoms with Crippen LogP contribution in [0.25, 0.3) is 0 Å². The molecule has 0 aliphatic carbocycles. The van der Waals surface area contributed by atoms with Gasteiger partial charge in [0.1, 0.15) is 18.5 Å². The van der Waals surface area contributed by atoms with Crippen molar-refractivity contribution < 1.29 is 14.0 Å². The fourth-order valence-electron chi connectivity index (χ4n) is 1.75. The van der Waals surface area contributed by atoms with Gasteiger partial charge in [-0.25, -0.2) is 14.3 Å². The molecule has 1 heterocycles. The van der Waals surface area contributed by atoms with Gasteiger partial charge in [0.15, 0.2) is 0 Å². The lowest BCUT2D eigenvalue weighted by Crippen LogP contribution is -2.29. The topological polar surface area (TPSA) is 103 Å². The zero-order chi connectivity index (χ0) is 18.8. The fourth-order valence-corrected chi connectivity index (χ4v) is 4.07. The second-order valence-electron chi connectivity index (χ2n) is 4.39. The molecule has 0 saturated carbocycles. The number of hydrogen-bond acceptors (Lipinski definition) is 5. The summed E-state index contributed by atoms with van der Waals surface area (Å²) in [6, 6.07) is 0. The summed E-state index contributed by atoms with van der Waals surface area (Å²) in [5, 5.41) is 15.2. The zero-order valence-corrected chi connectivity index (χ0v) is 18.3. The number of aromatic nitrogens is 2. The number of rotatable bonds is 9. The predicted molar refractivity (Wildman–Crippen MR) is 102 cm³/mol. The molecule has 0 aliphatic rings. The monoisotopic (exact) mass is 491 g/mol. The minimum Gasteiger partial charge on any atom is -0.390 e. The first-order valence-electron chi connectivity index (χ1n) is 7.27. The normalized spacial score (nSPS) is 13.3. The Balaban J connectivity index is 0.00000163. The number of halogens is 2. The standard InChI is InChI=1S/C10H19BrN5O4P.C2H5Br/c1-4-15(6-5-11)21(19,12-2)20-8-9-7-13-10(14(9)3)16(17)18;1-2-3/h7H,4-6,8H2,1-3H3,(H,12,19);2H2,1H3. The van der Waals surface area contributed by atoms with Gasteiger partial charge in [-0.15, -0.1) is 0 Å². The third kappa shape index (κ3) is 6.89. The average molecular weight is 493 g/mol. The van der Waals surface area contributed by atoms with Crippen molar-refractivity contribution in [1.82, 2.24) is 19.3 Å². The number of alkyl halides is 2. The van der Waals surface area contributed by atoms with Gasteiger partial charge in [-0.05, 0) is 12.0 Å². The molecule has 1 aromatic rings. The summed E-state index contributed by atoms with van der Waals surface area (Å²) in [5.41, 5.74) is 0.479. The molecule has 140 valence electrons. The summed E-state index contributed by atoms with van der Waals surface area (Å²) >= 11 is 6.45. The Bertz CT molecular complexity index is 558. The molecule has 12 heteroatoms. The number of nitrogens with zero attached hydrogens (tertiary/aromatic N) is 4. The van der Waals surface area contributed by atoms with Gasteiger partial charge < -0.3 is 10.1 Å². The molecule has 0 radical (unpaired) electrons. The maximum atomic E-state index is 12.7. The van der Waals surface area contributed by atoms with E-state index < -0.39 is 12.6 Å². The summed E-state index contributed by atoms with van der Waals surface area (Å²) in [7, 11) is -0.107. The van der Waals surface area contributed by atoms with E-state index in [0.29, 0.717) is 24.1 Å². The highest BCUT2D eigenvalue weighted by atomic mass is 79.9. The van der Waals surface area contributed by atoms with Gasteiger partial charge in [0.05, 0.1) is 7.05 Å². The molecule has 1 atom stereocenters. The highest BCUT2D eigenvalue weighted by molar-refractivity contribution is 9.09. The molecule has 9 nitrogen and oxygen atoms in total. The van der Waals surface area contributed by atoms with Crippen molar-refractivity contribution in [3.05, 3.63) is 22.0 Å². The first-order valence-corrected chi connectivity index (χ1v) is 11.1. The second kappa shape index (κ2) is 12.1. The van der Waals surface area contributed by atoms with Crippen LogP contribution in [-0.4, -0.2) is 49.9 Å². The van der Waals surface area contributed by atoms with E-state index in [-0.39, 0.29) is 12.6 Å². The van der Waals surface area contributed by atoms with Gasteiger partial charge in [-0.3, -0.25) is 9.09 Å². The van der Waals surface area contributed by atoms with E-state index in [4.69, 9.17) is 4.52 Å². The van der Waals surface area contributed by atoms with Crippen LogP contribution in [0.1, 0.15) is 19.5 Å². The lowest BCUT2D eigenvalue weighted by atomic mass is 10.5. The largest absolute Gasteiger partial charge is 0.434 e. The number of nitro groups is 1. The Morgan fingerprint density at radius 3 is 2.46 bits per heavy atom. The van der Waals surface area contributed by atoms with Crippen molar-refractivity contribution in [2.24, 2.45) is 7.05 Å². The molecule has 24 heavy (non-hydrogen) atoms. The quantitative estimate of drug-likeness (QED) is 0.244. The van der Waals surface area contributed by atoms with E-state index >= 15 is 0 Å². The van der Waals surface area contributed by atoms with Crippen molar-refractivity contribution in [1.29, 1.82) is 0 Å². The molecule has 1 aromatic heterocycles. The first-order chi connectivity index (χ1) is 11.3. The molecular weight excluding hydrogens is 469 g/mol. The molecule has 0 bridgehead atoms. The van der Waals surface area contributed by atoms with Gasteiger partial charge in [0, 0.05) is 23.7 Å². The van der Waals surface area contributed by atoms with Gasteiger partial charge in [-0.2, -0.15) is 0 Å². The van der Waals surface area contributed by atoms with Crippen LogP contribution in [0, 0.1) is 10.1 Å². The SMILES string of the molecule is CCBr.CCN(CCBr)P(=O)(NC)OCc1cnc([N+](=O)[O-])n1C. The van der Waals surface area contributed by atoms with Crippen LogP contribution in [-0.2, 0) is 22.7 Å². The molecule has 1 rings (SSSR count). The van der Waals surface area contributed by atoms with Crippen LogP contribution in [0.2, 0.25) is 0 Å². The third-order valence-corrected chi connectivity index (χ3v) is 5.60. The summed E-state index contributed by atoms with van der Waals surface area (Å²) in [6.07, 6.45) is 1.35. The first kappa shape index (κ1) is 23.7. The minimum atomic E-state index is -3.18. The summed E-state index contributed by atoms with van der Waals surface area (Å²) in [5.74, 6) is -0.277. The summed E-state index contributed by atoms with van der Waals surface area (Å²) < 4.78 is 21.2. The van der Waals surface area contributed by atoms with Gasteiger partial charge in [0.2, 0.25) is 0 Å². The maximum absolute atomic E-state index is 12.7. The number of imidazole rings is 1. The maximum Gasteiger partial charge on any atom is 0.434 e. The van der Waals surface area contributed by atoms with E-state index in [1.54, 1.807) is 11.7 Å². The Morgan fingerprint density at radius 2 is 2.08 bits per heavy atom. The molecule has 0 saturated heterocycles. The minimum absolute atomic E-state index is 0.0335. The zero-order valence-electron chi connectivity index (χ0n) is 14.2. The van der Waals surface area contributed by atoms with Crippen LogP contribution in [0.5, 0.6) is 0 Å². The number of hydrogen-bond donors (Lipinski definition) is 1. The van der Waals surface area contributed by atoms with Crippen LogP contribution in [0.4, 0.5) is 5.95 Å². The van der Waals surface area contributed by atoms with Gasteiger partial charge in [0.25, 0.3) is 0 Å². The Morgan fingerprint density at radius 1 is 1.50 bits per heavy atom. The van der Waals surface area contributed by atoms with E-state index in [1.165, 1.54) is 17.8 Å². The van der Waals surface area contributed by atoms with Crippen molar-refractivity contribution in [3.8, 4) is 0 Å². The Kier molecular flexibility index (Phi) is 11.9. The average Bonchev–Trinajstić information content (AvgIpc) is 2.92. The molecular formula is C12H24Br2N5O4P. The fraction of sp³-hybridized carbons (Fsp3) is 0.750. The highest BCUT2D eigenvalue weighted by Gasteiger charge is 2.30. The van der Waals surface area contributed by atoms with Crippen LogP contribution < -0.4 is 5.09 Å². The predicted octanol–water partition coefficient (Wildman–Crippen LogP) is 3.29. The van der Waals surface area contributed by atoms with Gasteiger partial charge >= 0.3 is 13.6 Å². The van der Waals surface area contributed by atoms with E-state index in [9.17, 15) is 14.7 Å². The number of nitrogens with one attached hydrogen (secondary N) is 1. The molecule has 0 aliphatic heterocycles. The van der Waals surface area contributed by atoms with Crippen LogP contribution in [0.3, 0.4) is 0 Å². The lowest BCUT2D eigenvalue weighted by Gasteiger charge is -2.28. The molecule has 0 aromatic carbocycles. The molecule has 1 unspecified atom stereocenters. The van der Waals surface area contributed by atoms with E-state index in [2.05, 4.69) is 41.9 Å². The lowest BCUT2D eigenvalue weighted by molar-refractivity contribution is -0.396. The highest BCUT2D eigenvalue weighted by Crippen LogP contribution is 2.46. The van der Waals surface area contributed by atoms with E-state index in [1.807, 2.05) is 13.8 Å². The molecule has 0 spiro atoms. The van der Waals surface area contributed by atoms with Crippen LogP contribution >= 0.6 is 39.5 Å². The van der Waals surface area contributed by atoms with Crippen molar-refractivity contribution >= 4 is 45.5 Å². The summed E-state index contributed by atoms with van der Waals surface area (Å²) in [4.78, 5) is 13.8. The van der Waals surface area contributed by atoms with Crippen molar-refractivity contribution in [2.45, 2.75) is 20.5 Å². The third-order valence-electron chi connectivity index (χ3n) is 2.97. The molecule has 0 amide bonds. The molecule has 0 fully saturated rings. The Hall–Kier alpha value is -0.320. The van der Waals surface area contributed by atoms with E-state index in [0.717, 1.165) is 5.33 Å². The van der Waals surface area contributed by atoms with Gasteiger partial charge in [-0.1, -0.05) is 50.7 Å². The molecule has 1 N–H and O–H groups in total. The second-order valence-corrected chi connectivity index (χ2v) is 8.61.